The van der Waals surface area contributed by atoms with Gasteiger partial charge in [0.05, 0.1) is 5.02 Å². The average Bonchev–Trinajstić information content (AvgIpc) is 2.08. The summed E-state index contributed by atoms with van der Waals surface area (Å²) in [6.45, 7) is 0. The Bertz CT molecular complexity index is 303. The first kappa shape index (κ1) is 9.68. The van der Waals surface area contributed by atoms with E-state index in [0.29, 0.717) is 15.1 Å². The number of benzene rings is 1. The summed E-state index contributed by atoms with van der Waals surface area (Å²) in [5, 5.41) is 0.497. The van der Waals surface area contributed by atoms with Crippen molar-refractivity contribution in [1.29, 1.82) is 0 Å². The number of carbonyl (C=O) groups is 1. The number of rotatable bonds is 2. The van der Waals surface area contributed by atoms with E-state index < -0.39 is 6.17 Å². The molecule has 0 spiro atoms. The SMILES string of the molecule is O=CC(F)c1ccc(Cl)c(Br)c1. The molecule has 1 nitrogen and oxygen atoms in total. The van der Waals surface area contributed by atoms with Crippen LogP contribution in [0.4, 0.5) is 4.39 Å². The molecule has 0 aromatic heterocycles. The molecule has 4 heteroatoms. The Labute approximate surface area is 82.7 Å². The third kappa shape index (κ3) is 2.05. The second-order valence-electron chi connectivity index (χ2n) is 2.21. The largest absolute Gasteiger partial charge is 0.300 e. The van der Waals surface area contributed by atoms with Gasteiger partial charge in [-0.1, -0.05) is 17.7 Å². The molecule has 0 N–H and O–H groups in total. The van der Waals surface area contributed by atoms with Gasteiger partial charge >= 0.3 is 0 Å². The van der Waals surface area contributed by atoms with Crippen LogP contribution in [0.15, 0.2) is 22.7 Å². The van der Waals surface area contributed by atoms with Gasteiger partial charge in [0.15, 0.2) is 12.5 Å². The van der Waals surface area contributed by atoms with E-state index in [9.17, 15) is 9.18 Å². The second-order valence-corrected chi connectivity index (χ2v) is 3.47. The lowest BCUT2D eigenvalue weighted by Crippen LogP contribution is -1.91. The normalized spacial score (nSPS) is 12.6. The Morgan fingerprint density at radius 2 is 2.25 bits per heavy atom. The third-order valence-corrected chi connectivity index (χ3v) is 2.60. The lowest BCUT2D eigenvalue weighted by molar-refractivity contribution is -0.112. The molecule has 0 heterocycles. The summed E-state index contributed by atoms with van der Waals surface area (Å²) in [6.07, 6.45) is -1.33. The smallest absolute Gasteiger partial charge is 0.180 e. The fourth-order valence-electron chi connectivity index (χ4n) is 0.762. The summed E-state index contributed by atoms with van der Waals surface area (Å²) in [5.41, 5.74) is 0.307. The van der Waals surface area contributed by atoms with Gasteiger partial charge in [-0.25, -0.2) is 4.39 Å². The van der Waals surface area contributed by atoms with Gasteiger partial charge in [-0.15, -0.1) is 0 Å². The van der Waals surface area contributed by atoms with E-state index in [4.69, 9.17) is 11.6 Å². The Morgan fingerprint density at radius 3 is 2.75 bits per heavy atom. The van der Waals surface area contributed by atoms with Gasteiger partial charge in [-0.3, -0.25) is 4.79 Å². The van der Waals surface area contributed by atoms with E-state index in [0.717, 1.165) is 0 Å². The molecule has 0 bridgehead atoms. The van der Waals surface area contributed by atoms with Gasteiger partial charge in [-0.05, 0) is 33.6 Å². The Morgan fingerprint density at radius 1 is 1.58 bits per heavy atom. The number of hydrogen-bond donors (Lipinski definition) is 0. The average molecular weight is 251 g/mol. The fourth-order valence-corrected chi connectivity index (χ4v) is 1.28. The molecule has 1 atom stereocenters. The van der Waals surface area contributed by atoms with E-state index in [2.05, 4.69) is 15.9 Å². The van der Waals surface area contributed by atoms with Gasteiger partial charge in [0.25, 0.3) is 0 Å². The van der Waals surface area contributed by atoms with Crippen LogP contribution < -0.4 is 0 Å². The van der Waals surface area contributed by atoms with Crippen molar-refractivity contribution in [2.24, 2.45) is 0 Å². The van der Waals surface area contributed by atoms with Crippen molar-refractivity contribution in [3.63, 3.8) is 0 Å². The van der Waals surface area contributed by atoms with E-state index in [1.54, 1.807) is 0 Å². The zero-order valence-electron chi connectivity index (χ0n) is 5.93. The first-order valence-electron chi connectivity index (χ1n) is 3.19. The van der Waals surface area contributed by atoms with Crippen LogP contribution >= 0.6 is 27.5 Å². The molecule has 0 fully saturated rings. The maximum atomic E-state index is 12.7. The van der Waals surface area contributed by atoms with Crippen molar-refractivity contribution in [3.05, 3.63) is 33.3 Å². The molecule has 0 aliphatic heterocycles. The Balaban J connectivity index is 3.04. The summed E-state index contributed by atoms with van der Waals surface area (Å²) >= 11 is 8.80. The molecule has 0 aliphatic rings. The van der Waals surface area contributed by atoms with Crippen LogP contribution in [0.3, 0.4) is 0 Å². The predicted octanol–water partition coefficient (Wildman–Crippen LogP) is 3.31. The predicted molar refractivity (Wildman–Crippen MR) is 49.1 cm³/mol. The standard InChI is InChI=1S/C8H5BrClFO/c9-6-3-5(8(11)4-12)1-2-7(6)10/h1-4,8H. The molecule has 0 saturated carbocycles. The van der Waals surface area contributed by atoms with Crippen LogP contribution in [0.2, 0.25) is 5.02 Å². The molecule has 0 radical (unpaired) electrons. The first-order valence-corrected chi connectivity index (χ1v) is 4.36. The Kier molecular flexibility index (Phi) is 3.23. The number of halogens is 3. The fraction of sp³-hybridized carbons (Fsp3) is 0.125. The van der Waals surface area contributed by atoms with Crippen molar-refractivity contribution >= 4 is 33.8 Å². The lowest BCUT2D eigenvalue weighted by Gasteiger charge is -2.02. The van der Waals surface area contributed by atoms with E-state index in [-0.39, 0.29) is 6.29 Å². The van der Waals surface area contributed by atoms with Crippen molar-refractivity contribution < 1.29 is 9.18 Å². The molecule has 1 aromatic rings. The third-order valence-electron chi connectivity index (χ3n) is 1.38. The zero-order chi connectivity index (χ0) is 9.14. The number of hydrogen-bond acceptors (Lipinski definition) is 1. The highest BCUT2D eigenvalue weighted by Gasteiger charge is 2.08. The van der Waals surface area contributed by atoms with Crippen molar-refractivity contribution in [1.82, 2.24) is 0 Å². The van der Waals surface area contributed by atoms with Gasteiger partial charge in [-0.2, -0.15) is 0 Å². The summed E-state index contributed by atoms with van der Waals surface area (Å²) in [6, 6.07) is 4.50. The van der Waals surface area contributed by atoms with Gasteiger partial charge in [0.2, 0.25) is 0 Å². The van der Waals surface area contributed by atoms with Crippen molar-refractivity contribution in [2.45, 2.75) is 6.17 Å². The zero-order valence-corrected chi connectivity index (χ0v) is 8.27. The van der Waals surface area contributed by atoms with Gasteiger partial charge in [0, 0.05) is 4.47 Å². The minimum atomic E-state index is -1.57. The van der Waals surface area contributed by atoms with Crippen LogP contribution in [-0.2, 0) is 4.79 Å². The molecule has 0 saturated heterocycles. The van der Waals surface area contributed by atoms with Crippen molar-refractivity contribution in [2.75, 3.05) is 0 Å². The quantitative estimate of drug-likeness (QED) is 0.737. The summed E-state index contributed by atoms with van der Waals surface area (Å²) in [4.78, 5) is 10.1. The summed E-state index contributed by atoms with van der Waals surface area (Å²) in [5.74, 6) is 0. The van der Waals surface area contributed by atoms with Gasteiger partial charge < -0.3 is 0 Å². The minimum Gasteiger partial charge on any atom is -0.300 e. The maximum absolute atomic E-state index is 12.7. The molecular formula is C8H5BrClFO. The number of aldehydes is 1. The van der Waals surface area contributed by atoms with Crippen LogP contribution in [0.1, 0.15) is 11.7 Å². The monoisotopic (exact) mass is 250 g/mol. The summed E-state index contributed by atoms with van der Waals surface area (Å²) in [7, 11) is 0. The molecule has 1 rings (SSSR count). The van der Waals surface area contributed by atoms with Crippen molar-refractivity contribution in [3.8, 4) is 0 Å². The highest BCUT2D eigenvalue weighted by atomic mass is 79.9. The minimum absolute atomic E-state index is 0.246. The molecular weight excluding hydrogens is 246 g/mol. The van der Waals surface area contributed by atoms with E-state index >= 15 is 0 Å². The number of carbonyl (C=O) groups excluding carboxylic acids is 1. The molecule has 1 unspecified atom stereocenters. The highest BCUT2D eigenvalue weighted by Crippen LogP contribution is 2.26. The van der Waals surface area contributed by atoms with E-state index in [1.165, 1.54) is 18.2 Å². The molecule has 0 aliphatic carbocycles. The topological polar surface area (TPSA) is 17.1 Å². The molecule has 1 aromatic carbocycles. The van der Waals surface area contributed by atoms with Gasteiger partial charge in [0.1, 0.15) is 0 Å². The van der Waals surface area contributed by atoms with Crippen LogP contribution in [-0.4, -0.2) is 6.29 Å². The van der Waals surface area contributed by atoms with Crippen LogP contribution in [0.5, 0.6) is 0 Å². The van der Waals surface area contributed by atoms with E-state index in [1.807, 2.05) is 0 Å². The molecule has 0 amide bonds. The van der Waals surface area contributed by atoms with Crippen LogP contribution in [0.25, 0.3) is 0 Å². The Hall–Kier alpha value is -0.410. The molecule has 64 valence electrons. The number of alkyl halides is 1. The summed E-state index contributed by atoms with van der Waals surface area (Å²) < 4.78 is 13.3. The molecule has 12 heavy (non-hydrogen) atoms. The first-order chi connectivity index (χ1) is 5.65. The highest BCUT2D eigenvalue weighted by molar-refractivity contribution is 9.10. The maximum Gasteiger partial charge on any atom is 0.180 e. The van der Waals surface area contributed by atoms with Crippen LogP contribution in [0, 0.1) is 0 Å². The lowest BCUT2D eigenvalue weighted by atomic mass is 10.1. The second kappa shape index (κ2) is 4.01.